The maximum atomic E-state index is 9.79. The summed E-state index contributed by atoms with van der Waals surface area (Å²) in [5.41, 5.74) is 0. The van der Waals surface area contributed by atoms with Gasteiger partial charge in [0.1, 0.15) is 0 Å². The van der Waals surface area contributed by atoms with Crippen LogP contribution in [0.25, 0.3) is 0 Å². The van der Waals surface area contributed by atoms with Crippen LogP contribution in [-0.2, 0) is 4.74 Å². The Morgan fingerprint density at radius 3 is 2.50 bits per heavy atom. The molecule has 0 bridgehead atoms. The third kappa shape index (κ3) is 1.95. The van der Waals surface area contributed by atoms with Crippen molar-refractivity contribution < 1.29 is 14.9 Å². The zero-order valence-electron chi connectivity index (χ0n) is 8.72. The van der Waals surface area contributed by atoms with Crippen LogP contribution in [0.5, 0.6) is 0 Å². The highest BCUT2D eigenvalue weighted by Crippen LogP contribution is 2.41. The highest BCUT2D eigenvalue weighted by atomic mass is 16.5. The Labute approximate surface area is 85.1 Å². The fourth-order valence-corrected chi connectivity index (χ4v) is 3.07. The number of fused-ring (bicyclic) bond motifs is 1. The topological polar surface area (TPSA) is 49.7 Å². The highest BCUT2D eigenvalue weighted by molar-refractivity contribution is 4.90. The number of aliphatic hydroxyl groups excluding tert-OH is 2. The predicted octanol–water partition coefficient (Wildman–Crippen LogP) is 0.933. The lowest BCUT2D eigenvalue weighted by atomic mass is 9.68. The molecule has 82 valence electrons. The van der Waals surface area contributed by atoms with Gasteiger partial charge in [0.25, 0.3) is 0 Å². The second kappa shape index (κ2) is 4.17. The standard InChI is InChI=1S/C11H20O3/c1-14-11-6-7-2-3-9(12)4-8(7)5-10(11)13/h7-13H,2-6H2,1H3. The number of hydrogen-bond donors (Lipinski definition) is 2. The van der Waals surface area contributed by atoms with E-state index in [1.54, 1.807) is 7.11 Å². The van der Waals surface area contributed by atoms with E-state index >= 15 is 0 Å². The fourth-order valence-electron chi connectivity index (χ4n) is 3.07. The van der Waals surface area contributed by atoms with E-state index in [1.807, 2.05) is 0 Å². The molecule has 2 saturated carbocycles. The Bertz CT molecular complexity index is 195. The number of ether oxygens (including phenoxy) is 1. The molecule has 2 N–H and O–H groups in total. The predicted molar refractivity (Wildman–Crippen MR) is 52.9 cm³/mol. The molecule has 5 atom stereocenters. The summed E-state index contributed by atoms with van der Waals surface area (Å²) in [4.78, 5) is 0. The van der Waals surface area contributed by atoms with Crippen LogP contribution in [-0.4, -0.2) is 35.6 Å². The van der Waals surface area contributed by atoms with Crippen molar-refractivity contribution in [2.75, 3.05) is 7.11 Å². The van der Waals surface area contributed by atoms with Gasteiger partial charge >= 0.3 is 0 Å². The summed E-state index contributed by atoms with van der Waals surface area (Å²) in [5, 5.41) is 19.3. The minimum absolute atomic E-state index is 0.0199. The average Bonchev–Trinajstić information content (AvgIpc) is 2.16. The molecule has 2 aliphatic carbocycles. The van der Waals surface area contributed by atoms with Gasteiger partial charge in [0.15, 0.2) is 0 Å². The van der Waals surface area contributed by atoms with Gasteiger partial charge in [-0.05, 0) is 43.9 Å². The highest BCUT2D eigenvalue weighted by Gasteiger charge is 2.39. The van der Waals surface area contributed by atoms with E-state index in [4.69, 9.17) is 4.74 Å². The van der Waals surface area contributed by atoms with Crippen molar-refractivity contribution in [2.45, 2.75) is 50.4 Å². The second-order valence-corrected chi connectivity index (χ2v) is 4.80. The van der Waals surface area contributed by atoms with Gasteiger partial charge in [-0.25, -0.2) is 0 Å². The van der Waals surface area contributed by atoms with Gasteiger partial charge in [-0.3, -0.25) is 0 Å². The summed E-state index contributed by atoms with van der Waals surface area (Å²) in [7, 11) is 1.67. The summed E-state index contributed by atoms with van der Waals surface area (Å²) in [6.45, 7) is 0. The molecular weight excluding hydrogens is 180 g/mol. The van der Waals surface area contributed by atoms with Crippen LogP contribution in [0.2, 0.25) is 0 Å². The Kier molecular flexibility index (Phi) is 3.10. The molecule has 2 rings (SSSR count). The van der Waals surface area contributed by atoms with Crippen molar-refractivity contribution in [1.29, 1.82) is 0 Å². The van der Waals surface area contributed by atoms with E-state index in [9.17, 15) is 10.2 Å². The first-order valence-corrected chi connectivity index (χ1v) is 5.59. The zero-order chi connectivity index (χ0) is 10.1. The lowest BCUT2D eigenvalue weighted by Gasteiger charge is -2.42. The average molecular weight is 200 g/mol. The molecule has 2 aliphatic rings. The number of aliphatic hydroxyl groups is 2. The normalized spacial score (nSPS) is 48.6. The molecule has 2 fully saturated rings. The summed E-state index contributed by atoms with van der Waals surface area (Å²) in [5.74, 6) is 1.17. The van der Waals surface area contributed by atoms with E-state index in [-0.39, 0.29) is 18.3 Å². The molecular formula is C11H20O3. The monoisotopic (exact) mass is 200 g/mol. The maximum absolute atomic E-state index is 9.79. The molecule has 0 spiro atoms. The summed E-state index contributed by atoms with van der Waals surface area (Å²) < 4.78 is 5.27. The van der Waals surface area contributed by atoms with Gasteiger partial charge in [0, 0.05) is 7.11 Å². The molecule has 0 aromatic heterocycles. The molecule has 0 saturated heterocycles. The quantitative estimate of drug-likeness (QED) is 0.662. The largest absolute Gasteiger partial charge is 0.393 e. The molecule has 5 unspecified atom stereocenters. The van der Waals surface area contributed by atoms with Crippen molar-refractivity contribution in [3.05, 3.63) is 0 Å². The molecule has 0 aromatic rings. The molecule has 0 aromatic carbocycles. The van der Waals surface area contributed by atoms with Crippen LogP contribution in [0.15, 0.2) is 0 Å². The van der Waals surface area contributed by atoms with E-state index in [0.717, 1.165) is 32.1 Å². The number of hydrogen-bond acceptors (Lipinski definition) is 3. The van der Waals surface area contributed by atoms with E-state index in [2.05, 4.69) is 0 Å². The number of rotatable bonds is 1. The van der Waals surface area contributed by atoms with E-state index in [1.165, 1.54) is 0 Å². The molecule has 0 heterocycles. The second-order valence-electron chi connectivity index (χ2n) is 4.80. The fraction of sp³-hybridized carbons (Fsp3) is 1.00. The minimum atomic E-state index is -0.327. The lowest BCUT2D eigenvalue weighted by molar-refractivity contribution is -0.0877. The maximum Gasteiger partial charge on any atom is 0.0833 e. The van der Waals surface area contributed by atoms with Gasteiger partial charge in [0.2, 0.25) is 0 Å². The Morgan fingerprint density at radius 2 is 1.79 bits per heavy atom. The van der Waals surface area contributed by atoms with Crippen molar-refractivity contribution in [2.24, 2.45) is 11.8 Å². The van der Waals surface area contributed by atoms with Crippen molar-refractivity contribution >= 4 is 0 Å². The summed E-state index contributed by atoms with van der Waals surface area (Å²) in [6.07, 6.45) is 4.22. The molecule has 3 nitrogen and oxygen atoms in total. The van der Waals surface area contributed by atoms with Crippen molar-refractivity contribution in [3.8, 4) is 0 Å². The summed E-state index contributed by atoms with van der Waals surface area (Å²) in [6, 6.07) is 0. The molecule has 14 heavy (non-hydrogen) atoms. The first-order valence-electron chi connectivity index (χ1n) is 5.59. The van der Waals surface area contributed by atoms with Crippen LogP contribution in [0, 0.1) is 11.8 Å². The van der Waals surface area contributed by atoms with Crippen LogP contribution >= 0.6 is 0 Å². The van der Waals surface area contributed by atoms with Gasteiger partial charge in [-0.1, -0.05) is 0 Å². The van der Waals surface area contributed by atoms with E-state index < -0.39 is 0 Å². The van der Waals surface area contributed by atoms with Crippen LogP contribution in [0.3, 0.4) is 0 Å². The Morgan fingerprint density at radius 1 is 1.00 bits per heavy atom. The SMILES string of the molecule is COC1CC2CCC(O)CC2CC1O. The third-order valence-electron chi connectivity index (χ3n) is 3.92. The zero-order valence-corrected chi connectivity index (χ0v) is 8.72. The van der Waals surface area contributed by atoms with Crippen molar-refractivity contribution in [1.82, 2.24) is 0 Å². The summed E-state index contributed by atoms with van der Waals surface area (Å²) >= 11 is 0. The van der Waals surface area contributed by atoms with Gasteiger partial charge in [-0.15, -0.1) is 0 Å². The van der Waals surface area contributed by atoms with Crippen LogP contribution in [0.1, 0.15) is 32.1 Å². The molecule has 3 heteroatoms. The lowest BCUT2D eigenvalue weighted by Crippen LogP contribution is -2.43. The van der Waals surface area contributed by atoms with Gasteiger partial charge in [-0.2, -0.15) is 0 Å². The Balaban J connectivity index is 1.97. The van der Waals surface area contributed by atoms with E-state index in [0.29, 0.717) is 11.8 Å². The van der Waals surface area contributed by atoms with Crippen LogP contribution in [0.4, 0.5) is 0 Å². The van der Waals surface area contributed by atoms with Gasteiger partial charge < -0.3 is 14.9 Å². The number of methoxy groups -OCH3 is 1. The first-order chi connectivity index (χ1) is 6.70. The molecule has 0 amide bonds. The van der Waals surface area contributed by atoms with Crippen molar-refractivity contribution in [3.63, 3.8) is 0 Å². The molecule has 0 radical (unpaired) electrons. The first kappa shape index (κ1) is 10.4. The molecule has 0 aliphatic heterocycles. The Hall–Kier alpha value is -0.120. The smallest absolute Gasteiger partial charge is 0.0833 e. The van der Waals surface area contributed by atoms with Gasteiger partial charge in [0.05, 0.1) is 18.3 Å². The third-order valence-corrected chi connectivity index (χ3v) is 3.92. The minimum Gasteiger partial charge on any atom is -0.393 e. The van der Waals surface area contributed by atoms with Crippen LogP contribution < -0.4 is 0 Å².